The third-order valence-corrected chi connectivity index (χ3v) is 4.55. The highest BCUT2D eigenvalue weighted by atomic mass is 16.5. The van der Waals surface area contributed by atoms with Gasteiger partial charge in [-0.2, -0.15) is 5.10 Å². The number of aromatic nitrogens is 2. The van der Waals surface area contributed by atoms with Crippen LogP contribution in [0.15, 0.2) is 48.7 Å². The van der Waals surface area contributed by atoms with Crippen molar-refractivity contribution in [3.63, 3.8) is 0 Å². The van der Waals surface area contributed by atoms with E-state index in [9.17, 15) is 4.79 Å². The summed E-state index contributed by atoms with van der Waals surface area (Å²) in [5, 5.41) is 10.8. The maximum atomic E-state index is 12.6. The summed E-state index contributed by atoms with van der Waals surface area (Å²) < 4.78 is 5.48. The Hall–Kier alpha value is -2.86. The number of hydrogen-bond acceptors (Lipinski definition) is 4. The molecule has 0 unspecified atom stereocenters. The maximum Gasteiger partial charge on any atom is 0.257 e. The zero-order valence-corrected chi connectivity index (χ0v) is 14.0. The maximum absolute atomic E-state index is 12.6. The summed E-state index contributed by atoms with van der Waals surface area (Å²) in [4.78, 5) is 14.9. The molecule has 0 saturated carbocycles. The number of nitrogens with one attached hydrogen (secondary N) is 2. The Bertz CT molecular complexity index is 888. The molecule has 0 radical (unpaired) electrons. The summed E-state index contributed by atoms with van der Waals surface area (Å²) in [7, 11) is 0. The number of morpholine rings is 1. The molecule has 1 saturated heterocycles. The number of hydrogen-bond donors (Lipinski definition) is 2. The van der Waals surface area contributed by atoms with E-state index >= 15 is 0 Å². The number of benzene rings is 2. The zero-order chi connectivity index (χ0) is 17.2. The molecule has 2 heterocycles. The molecule has 0 bridgehead atoms. The minimum atomic E-state index is -0.151. The number of H-pyrrole nitrogens is 1. The predicted octanol–water partition coefficient (Wildman–Crippen LogP) is 3.04. The average molecular weight is 336 g/mol. The molecular weight excluding hydrogens is 316 g/mol. The zero-order valence-electron chi connectivity index (χ0n) is 14.0. The Kier molecular flexibility index (Phi) is 4.11. The average Bonchev–Trinajstić information content (AvgIpc) is 3.11. The first-order valence-corrected chi connectivity index (χ1v) is 8.40. The number of fused-ring (bicyclic) bond motifs is 1. The largest absolute Gasteiger partial charge is 0.377 e. The van der Waals surface area contributed by atoms with Crippen LogP contribution in [0.5, 0.6) is 0 Å². The lowest BCUT2D eigenvalue weighted by atomic mass is 10.1. The van der Waals surface area contributed by atoms with Crippen molar-refractivity contribution in [2.75, 3.05) is 30.0 Å². The van der Waals surface area contributed by atoms with Gasteiger partial charge in [-0.3, -0.25) is 9.89 Å². The molecule has 0 spiro atoms. The number of nitrogens with zero attached hydrogens (tertiary/aromatic N) is 2. The van der Waals surface area contributed by atoms with Crippen molar-refractivity contribution >= 4 is 28.2 Å². The predicted molar refractivity (Wildman–Crippen MR) is 98.1 cm³/mol. The van der Waals surface area contributed by atoms with Crippen LogP contribution in [0.4, 0.5) is 11.4 Å². The lowest BCUT2D eigenvalue weighted by Gasteiger charge is -2.35. The summed E-state index contributed by atoms with van der Waals surface area (Å²) in [5.74, 6) is -0.151. The van der Waals surface area contributed by atoms with Crippen LogP contribution in [0.2, 0.25) is 0 Å². The van der Waals surface area contributed by atoms with Crippen LogP contribution < -0.4 is 10.2 Å². The second kappa shape index (κ2) is 6.57. The van der Waals surface area contributed by atoms with Crippen molar-refractivity contribution in [2.45, 2.75) is 13.0 Å². The minimum Gasteiger partial charge on any atom is -0.377 e. The van der Waals surface area contributed by atoms with Crippen molar-refractivity contribution in [1.82, 2.24) is 10.2 Å². The minimum absolute atomic E-state index is 0.151. The van der Waals surface area contributed by atoms with Gasteiger partial charge in [-0.05, 0) is 37.3 Å². The Balaban J connectivity index is 1.51. The third kappa shape index (κ3) is 3.08. The summed E-state index contributed by atoms with van der Waals surface area (Å²) in [5.41, 5.74) is 3.25. The number of carbonyl (C=O) groups excluding carboxylic acids is 1. The quantitative estimate of drug-likeness (QED) is 0.771. The van der Waals surface area contributed by atoms with E-state index in [-0.39, 0.29) is 5.91 Å². The Morgan fingerprint density at radius 2 is 2.12 bits per heavy atom. The lowest BCUT2D eigenvalue weighted by Crippen LogP contribution is -2.43. The van der Waals surface area contributed by atoms with Crippen LogP contribution in [-0.2, 0) is 4.74 Å². The van der Waals surface area contributed by atoms with E-state index in [4.69, 9.17) is 4.74 Å². The van der Waals surface area contributed by atoms with Crippen LogP contribution in [0.25, 0.3) is 10.9 Å². The number of para-hydroxylation sites is 1. The van der Waals surface area contributed by atoms with Crippen molar-refractivity contribution < 1.29 is 9.53 Å². The summed E-state index contributed by atoms with van der Waals surface area (Å²) in [6.07, 6.45) is 1.71. The molecule has 128 valence electrons. The molecule has 1 amide bonds. The molecular formula is C19H20N4O2. The second-order valence-corrected chi connectivity index (χ2v) is 6.26. The SMILES string of the molecule is C[C@H]1COCCN1c1ccc(NC(=O)c2cccc3cn[nH]c23)cc1. The molecule has 2 aromatic carbocycles. The highest BCUT2D eigenvalue weighted by molar-refractivity contribution is 6.11. The summed E-state index contributed by atoms with van der Waals surface area (Å²) in [6, 6.07) is 13.9. The number of anilines is 2. The van der Waals surface area contributed by atoms with Gasteiger partial charge >= 0.3 is 0 Å². The molecule has 0 aliphatic carbocycles. The van der Waals surface area contributed by atoms with Crippen LogP contribution in [-0.4, -0.2) is 41.9 Å². The van der Waals surface area contributed by atoms with Gasteiger partial charge < -0.3 is 15.0 Å². The van der Waals surface area contributed by atoms with Crippen LogP contribution in [0, 0.1) is 0 Å². The lowest BCUT2D eigenvalue weighted by molar-refractivity contribution is 0.0989. The van der Waals surface area contributed by atoms with E-state index in [0.29, 0.717) is 11.6 Å². The molecule has 6 heteroatoms. The van der Waals surface area contributed by atoms with Crippen molar-refractivity contribution in [2.24, 2.45) is 0 Å². The van der Waals surface area contributed by atoms with E-state index < -0.39 is 0 Å². The summed E-state index contributed by atoms with van der Waals surface area (Å²) in [6.45, 7) is 4.53. The van der Waals surface area contributed by atoms with Crippen molar-refractivity contribution in [3.8, 4) is 0 Å². The highest BCUT2D eigenvalue weighted by Gasteiger charge is 2.19. The Morgan fingerprint density at radius 3 is 2.92 bits per heavy atom. The fourth-order valence-electron chi connectivity index (χ4n) is 3.20. The van der Waals surface area contributed by atoms with Gasteiger partial charge in [-0.15, -0.1) is 0 Å². The van der Waals surface area contributed by atoms with Gasteiger partial charge in [-0.25, -0.2) is 0 Å². The smallest absolute Gasteiger partial charge is 0.257 e. The number of amides is 1. The van der Waals surface area contributed by atoms with E-state index in [2.05, 4.69) is 27.3 Å². The molecule has 1 fully saturated rings. The van der Waals surface area contributed by atoms with Gasteiger partial charge in [-0.1, -0.05) is 12.1 Å². The molecule has 4 rings (SSSR count). The van der Waals surface area contributed by atoms with Crippen molar-refractivity contribution in [3.05, 3.63) is 54.2 Å². The Labute approximate surface area is 145 Å². The molecule has 2 N–H and O–H groups in total. The number of rotatable bonds is 3. The molecule has 6 nitrogen and oxygen atoms in total. The molecule has 1 atom stereocenters. The topological polar surface area (TPSA) is 70.2 Å². The number of ether oxygens (including phenoxy) is 1. The fourth-order valence-corrected chi connectivity index (χ4v) is 3.20. The first-order valence-electron chi connectivity index (χ1n) is 8.40. The van der Waals surface area contributed by atoms with Gasteiger partial charge in [0.2, 0.25) is 0 Å². The molecule has 25 heavy (non-hydrogen) atoms. The summed E-state index contributed by atoms with van der Waals surface area (Å²) >= 11 is 0. The molecule has 1 aliphatic heterocycles. The molecule has 1 aromatic heterocycles. The van der Waals surface area contributed by atoms with Crippen LogP contribution in [0.1, 0.15) is 17.3 Å². The second-order valence-electron chi connectivity index (χ2n) is 6.26. The first-order chi connectivity index (χ1) is 12.2. The normalized spacial score (nSPS) is 17.6. The highest BCUT2D eigenvalue weighted by Crippen LogP contribution is 2.23. The van der Waals surface area contributed by atoms with E-state index in [1.807, 2.05) is 36.4 Å². The van der Waals surface area contributed by atoms with Crippen LogP contribution >= 0.6 is 0 Å². The van der Waals surface area contributed by atoms with Crippen molar-refractivity contribution in [1.29, 1.82) is 0 Å². The van der Waals surface area contributed by atoms with Gasteiger partial charge in [0.25, 0.3) is 5.91 Å². The third-order valence-electron chi connectivity index (χ3n) is 4.55. The standard InChI is InChI=1S/C19H20N4O2/c1-13-12-25-10-9-23(13)16-7-5-15(6-8-16)21-19(24)17-4-2-3-14-11-20-22-18(14)17/h2-8,11,13H,9-10,12H2,1H3,(H,20,22)(H,21,24)/t13-/m0/s1. The van der Waals surface area contributed by atoms with E-state index in [0.717, 1.165) is 42.0 Å². The van der Waals surface area contributed by atoms with Gasteiger partial charge in [0, 0.05) is 29.3 Å². The molecule has 3 aromatic rings. The number of aromatic amines is 1. The monoisotopic (exact) mass is 336 g/mol. The van der Waals surface area contributed by atoms with E-state index in [1.54, 1.807) is 12.3 Å². The fraction of sp³-hybridized carbons (Fsp3) is 0.263. The van der Waals surface area contributed by atoms with Gasteiger partial charge in [0.15, 0.2) is 0 Å². The Morgan fingerprint density at radius 1 is 1.28 bits per heavy atom. The van der Waals surface area contributed by atoms with Crippen LogP contribution in [0.3, 0.4) is 0 Å². The van der Waals surface area contributed by atoms with E-state index in [1.165, 1.54) is 0 Å². The molecule has 1 aliphatic rings. The number of carbonyl (C=O) groups is 1. The van der Waals surface area contributed by atoms with Gasteiger partial charge in [0.05, 0.1) is 30.5 Å². The van der Waals surface area contributed by atoms with Gasteiger partial charge in [0.1, 0.15) is 0 Å². The first kappa shape index (κ1) is 15.7.